The fourth-order valence-corrected chi connectivity index (χ4v) is 0.365. The van der Waals surface area contributed by atoms with Gasteiger partial charge in [0.1, 0.15) is 0 Å². The number of carbonyl (C=O) groups excluding carboxylic acids is 1. The van der Waals surface area contributed by atoms with Crippen LogP contribution in [0.3, 0.4) is 0 Å². The van der Waals surface area contributed by atoms with Gasteiger partial charge in [-0.1, -0.05) is 0 Å². The Hall–Kier alpha value is -0.770. The minimum absolute atomic E-state index is 0.271. The Morgan fingerprint density at radius 3 is 2.40 bits per heavy atom. The first-order valence-electron chi connectivity index (χ1n) is 3.10. The first-order valence-corrected chi connectivity index (χ1v) is 3.10. The predicted molar refractivity (Wildman–Crippen MR) is 36.7 cm³/mol. The highest BCUT2D eigenvalue weighted by molar-refractivity contribution is 5.67. The summed E-state index contributed by atoms with van der Waals surface area (Å²) in [4.78, 5) is 10.5. The van der Waals surface area contributed by atoms with Crippen LogP contribution in [0.15, 0.2) is 0 Å². The fourth-order valence-electron chi connectivity index (χ4n) is 0.365. The lowest BCUT2D eigenvalue weighted by molar-refractivity contribution is 0.130. The third kappa shape index (κ3) is 3.29. The second-order valence-corrected chi connectivity index (χ2v) is 2.17. The summed E-state index contributed by atoms with van der Waals surface area (Å²) >= 11 is 0. The molecule has 1 amide bonds. The van der Waals surface area contributed by atoms with Crippen LogP contribution in [0.4, 0.5) is 4.79 Å². The summed E-state index contributed by atoms with van der Waals surface area (Å²) in [7, 11) is 1.28. The number of amides is 1. The SMILES string of the molecule is COC(=O)N[C@@H](C)[C@@H](C)O. The molecule has 0 bridgehead atoms. The van der Waals surface area contributed by atoms with E-state index < -0.39 is 12.2 Å². The van der Waals surface area contributed by atoms with Crippen LogP contribution < -0.4 is 5.32 Å². The van der Waals surface area contributed by atoms with Gasteiger partial charge in [-0.25, -0.2) is 4.79 Å². The van der Waals surface area contributed by atoms with Gasteiger partial charge >= 0.3 is 6.09 Å². The lowest BCUT2D eigenvalue weighted by Gasteiger charge is -2.14. The maximum absolute atomic E-state index is 10.5. The minimum Gasteiger partial charge on any atom is -0.453 e. The zero-order valence-electron chi connectivity index (χ0n) is 6.42. The van der Waals surface area contributed by atoms with Crippen molar-refractivity contribution in [3.63, 3.8) is 0 Å². The van der Waals surface area contributed by atoms with Crippen molar-refractivity contribution < 1.29 is 14.6 Å². The molecule has 0 aromatic rings. The molecule has 0 aromatic carbocycles. The molecule has 0 radical (unpaired) electrons. The summed E-state index contributed by atoms with van der Waals surface area (Å²) in [5.74, 6) is 0. The highest BCUT2D eigenvalue weighted by Gasteiger charge is 2.10. The number of hydrogen-bond donors (Lipinski definition) is 2. The first-order chi connectivity index (χ1) is 4.57. The second-order valence-electron chi connectivity index (χ2n) is 2.17. The third-order valence-electron chi connectivity index (χ3n) is 1.25. The molecule has 60 valence electrons. The smallest absolute Gasteiger partial charge is 0.407 e. The molecule has 0 unspecified atom stereocenters. The molecule has 0 fully saturated rings. The average molecular weight is 147 g/mol. The van der Waals surface area contributed by atoms with E-state index in [-0.39, 0.29) is 6.04 Å². The molecular weight excluding hydrogens is 134 g/mol. The molecule has 0 saturated carbocycles. The van der Waals surface area contributed by atoms with E-state index in [1.165, 1.54) is 7.11 Å². The van der Waals surface area contributed by atoms with E-state index >= 15 is 0 Å². The van der Waals surface area contributed by atoms with Gasteiger partial charge in [-0.05, 0) is 13.8 Å². The monoisotopic (exact) mass is 147 g/mol. The minimum atomic E-state index is -0.556. The third-order valence-corrected chi connectivity index (χ3v) is 1.25. The molecule has 0 aliphatic rings. The van der Waals surface area contributed by atoms with Crippen LogP contribution in [0.2, 0.25) is 0 Å². The van der Waals surface area contributed by atoms with Crippen molar-refractivity contribution in [2.45, 2.75) is 26.0 Å². The Morgan fingerprint density at radius 1 is 1.60 bits per heavy atom. The number of alkyl carbamates (subject to hydrolysis) is 1. The number of carbonyl (C=O) groups is 1. The van der Waals surface area contributed by atoms with Gasteiger partial charge in [-0.15, -0.1) is 0 Å². The molecule has 0 aliphatic carbocycles. The number of hydrogen-bond acceptors (Lipinski definition) is 3. The van der Waals surface area contributed by atoms with Crippen molar-refractivity contribution in [2.24, 2.45) is 0 Å². The normalized spacial score (nSPS) is 15.6. The van der Waals surface area contributed by atoms with Crippen molar-refractivity contribution in [2.75, 3.05) is 7.11 Å². The highest BCUT2D eigenvalue weighted by Crippen LogP contribution is 1.89. The summed E-state index contributed by atoms with van der Waals surface area (Å²) in [6.07, 6.45) is -1.08. The number of aliphatic hydroxyl groups is 1. The molecule has 0 spiro atoms. The van der Waals surface area contributed by atoms with Crippen LogP contribution >= 0.6 is 0 Å². The lowest BCUT2D eigenvalue weighted by Crippen LogP contribution is -2.39. The topological polar surface area (TPSA) is 58.6 Å². The van der Waals surface area contributed by atoms with Gasteiger partial charge in [0.15, 0.2) is 0 Å². The molecule has 10 heavy (non-hydrogen) atoms. The summed E-state index contributed by atoms with van der Waals surface area (Å²) in [6, 6.07) is -0.271. The van der Waals surface area contributed by atoms with Crippen LogP contribution in [-0.2, 0) is 4.74 Å². The van der Waals surface area contributed by atoms with E-state index in [4.69, 9.17) is 5.11 Å². The summed E-state index contributed by atoms with van der Waals surface area (Å²) in [5, 5.41) is 11.3. The lowest BCUT2D eigenvalue weighted by atomic mass is 10.2. The molecule has 0 rings (SSSR count). The number of methoxy groups -OCH3 is 1. The quantitative estimate of drug-likeness (QED) is 0.583. The van der Waals surface area contributed by atoms with Crippen LogP contribution in [0, 0.1) is 0 Å². The molecule has 0 heterocycles. The molecule has 2 N–H and O–H groups in total. The van der Waals surface area contributed by atoms with Crippen molar-refractivity contribution in [1.82, 2.24) is 5.32 Å². The maximum atomic E-state index is 10.5. The highest BCUT2D eigenvalue weighted by atomic mass is 16.5. The summed E-state index contributed by atoms with van der Waals surface area (Å²) in [5.41, 5.74) is 0. The average Bonchev–Trinajstić information content (AvgIpc) is 1.87. The second kappa shape index (κ2) is 4.11. The van der Waals surface area contributed by atoms with Gasteiger partial charge in [-0.3, -0.25) is 0 Å². The van der Waals surface area contributed by atoms with Crippen molar-refractivity contribution >= 4 is 6.09 Å². The van der Waals surface area contributed by atoms with Gasteiger partial charge in [0.2, 0.25) is 0 Å². The molecule has 4 heteroatoms. The largest absolute Gasteiger partial charge is 0.453 e. The first kappa shape index (κ1) is 9.23. The van der Waals surface area contributed by atoms with Crippen LogP contribution in [0.25, 0.3) is 0 Å². The van der Waals surface area contributed by atoms with Crippen molar-refractivity contribution in [3.05, 3.63) is 0 Å². The Balaban J connectivity index is 3.57. The van der Waals surface area contributed by atoms with Gasteiger partial charge in [0.25, 0.3) is 0 Å². The van der Waals surface area contributed by atoms with Gasteiger partial charge < -0.3 is 15.2 Å². The Labute approximate surface area is 60.2 Å². The van der Waals surface area contributed by atoms with E-state index in [0.717, 1.165) is 0 Å². The zero-order valence-corrected chi connectivity index (χ0v) is 6.42. The van der Waals surface area contributed by atoms with Crippen LogP contribution in [0.1, 0.15) is 13.8 Å². The van der Waals surface area contributed by atoms with E-state index in [2.05, 4.69) is 10.1 Å². The Bertz CT molecular complexity index is 114. The van der Waals surface area contributed by atoms with E-state index in [1.54, 1.807) is 13.8 Å². The van der Waals surface area contributed by atoms with E-state index in [1.807, 2.05) is 0 Å². The van der Waals surface area contributed by atoms with Crippen molar-refractivity contribution in [1.29, 1.82) is 0 Å². The molecule has 0 aromatic heterocycles. The number of rotatable bonds is 2. The zero-order chi connectivity index (χ0) is 8.15. The Morgan fingerprint density at radius 2 is 2.10 bits per heavy atom. The van der Waals surface area contributed by atoms with Gasteiger partial charge in [0, 0.05) is 0 Å². The van der Waals surface area contributed by atoms with Crippen molar-refractivity contribution in [3.8, 4) is 0 Å². The predicted octanol–water partition coefficient (Wildman–Crippen LogP) is 0.112. The molecule has 2 atom stereocenters. The van der Waals surface area contributed by atoms with Crippen LogP contribution in [-0.4, -0.2) is 30.5 Å². The van der Waals surface area contributed by atoms with Gasteiger partial charge in [0.05, 0.1) is 19.3 Å². The van der Waals surface area contributed by atoms with E-state index in [0.29, 0.717) is 0 Å². The van der Waals surface area contributed by atoms with Crippen LogP contribution in [0.5, 0.6) is 0 Å². The molecule has 0 aliphatic heterocycles. The standard InChI is InChI=1S/C6H13NO3/c1-4(5(2)8)7-6(9)10-3/h4-5,8H,1-3H3,(H,7,9)/t4-,5+/m0/s1. The number of aliphatic hydroxyl groups excluding tert-OH is 1. The Kier molecular flexibility index (Phi) is 3.79. The summed E-state index contributed by atoms with van der Waals surface area (Å²) in [6.45, 7) is 3.29. The number of nitrogens with one attached hydrogen (secondary N) is 1. The van der Waals surface area contributed by atoms with E-state index in [9.17, 15) is 4.79 Å². The maximum Gasteiger partial charge on any atom is 0.407 e. The summed E-state index contributed by atoms with van der Waals surface area (Å²) < 4.78 is 4.31. The molecule has 0 saturated heterocycles. The molecule has 4 nitrogen and oxygen atoms in total. The number of ether oxygens (including phenoxy) is 1. The molecular formula is C6H13NO3. The fraction of sp³-hybridized carbons (Fsp3) is 0.833. The van der Waals surface area contributed by atoms with Gasteiger partial charge in [-0.2, -0.15) is 0 Å².